The summed E-state index contributed by atoms with van der Waals surface area (Å²) in [6.45, 7) is 4.47. The fourth-order valence-electron chi connectivity index (χ4n) is 2.81. The van der Waals surface area contributed by atoms with Crippen LogP contribution in [-0.4, -0.2) is 37.5 Å². The summed E-state index contributed by atoms with van der Waals surface area (Å²) in [4.78, 5) is 14.0. The molecule has 0 spiro atoms. The van der Waals surface area contributed by atoms with Crippen LogP contribution in [0.4, 0.5) is 0 Å². The lowest BCUT2D eigenvalue weighted by molar-refractivity contribution is -0.116. The first-order chi connectivity index (χ1) is 9.66. The lowest BCUT2D eigenvalue weighted by Crippen LogP contribution is -2.47. The maximum Gasteiger partial charge on any atom is 0.295 e. The third-order valence-corrected chi connectivity index (χ3v) is 4.16. The molecule has 1 fully saturated rings. The fourth-order valence-corrected chi connectivity index (χ4v) is 2.81. The maximum absolute atomic E-state index is 11.6. The minimum Gasteiger partial charge on any atom is -0.344 e. The summed E-state index contributed by atoms with van der Waals surface area (Å²) >= 11 is 0. The molecule has 1 heterocycles. The first-order valence-corrected chi connectivity index (χ1v) is 7.11. The summed E-state index contributed by atoms with van der Waals surface area (Å²) in [5.41, 5.74) is 1.36. The summed E-state index contributed by atoms with van der Waals surface area (Å²) in [6.07, 6.45) is 2.13. The molecule has 1 amide bonds. The third-order valence-electron chi connectivity index (χ3n) is 4.16. The van der Waals surface area contributed by atoms with Crippen LogP contribution in [0.5, 0.6) is 0 Å². The molecule has 2 rings (SSSR count). The van der Waals surface area contributed by atoms with Gasteiger partial charge in [-0.1, -0.05) is 36.3 Å². The van der Waals surface area contributed by atoms with Crippen molar-refractivity contribution >= 4 is 5.91 Å². The minimum atomic E-state index is -0.179. The quantitative estimate of drug-likeness (QED) is 0.849. The van der Waals surface area contributed by atoms with Crippen LogP contribution in [0.3, 0.4) is 0 Å². The van der Waals surface area contributed by atoms with Gasteiger partial charge in [0.05, 0.1) is 0 Å². The number of carbonyl (C=O) groups excluding carboxylic acids is 1. The van der Waals surface area contributed by atoms with Crippen molar-refractivity contribution in [2.45, 2.75) is 25.2 Å². The maximum atomic E-state index is 11.6. The van der Waals surface area contributed by atoms with E-state index in [9.17, 15) is 4.79 Å². The molecule has 0 radical (unpaired) electrons. The Morgan fingerprint density at radius 3 is 2.55 bits per heavy atom. The van der Waals surface area contributed by atoms with Crippen molar-refractivity contribution in [3.05, 3.63) is 35.9 Å². The number of benzene rings is 1. The van der Waals surface area contributed by atoms with Gasteiger partial charge >= 0.3 is 0 Å². The zero-order valence-electron chi connectivity index (χ0n) is 12.3. The fraction of sp³-hybridized carbons (Fsp3) is 0.471. The van der Waals surface area contributed by atoms with E-state index >= 15 is 0 Å². The molecular formula is C17H22N2O. The Hall–Kier alpha value is -1.79. The van der Waals surface area contributed by atoms with E-state index in [1.807, 2.05) is 6.07 Å². The van der Waals surface area contributed by atoms with E-state index in [1.54, 1.807) is 6.92 Å². The standard InChI is InChI=1S/C17H22N2O/c1-3-7-16(20)18-14-17(10-12-19(2)13-11-17)15-8-5-4-6-9-15/h4-6,8-9H,10-14H2,1-2H3,(H,18,20). The molecule has 1 N–H and O–H groups in total. The van der Waals surface area contributed by atoms with Gasteiger partial charge in [-0.15, -0.1) is 0 Å². The highest BCUT2D eigenvalue weighted by molar-refractivity contribution is 5.93. The number of hydrogen-bond donors (Lipinski definition) is 1. The van der Waals surface area contributed by atoms with Gasteiger partial charge in [0.1, 0.15) is 0 Å². The second-order valence-electron chi connectivity index (χ2n) is 5.51. The number of piperidine rings is 1. The van der Waals surface area contributed by atoms with Crippen LogP contribution in [0.25, 0.3) is 0 Å². The van der Waals surface area contributed by atoms with Crippen LogP contribution in [0.15, 0.2) is 30.3 Å². The van der Waals surface area contributed by atoms with Crippen molar-refractivity contribution in [3.8, 4) is 11.8 Å². The number of nitrogens with zero attached hydrogens (tertiary/aromatic N) is 1. The summed E-state index contributed by atoms with van der Waals surface area (Å²) in [6, 6.07) is 10.5. The predicted octanol–water partition coefficient (Wildman–Crippen LogP) is 1.79. The van der Waals surface area contributed by atoms with Crippen LogP contribution in [0, 0.1) is 11.8 Å². The Morgan fingerprint density at radius 1 is 1.30 bits per heavy atom. The van der Waals surface area contributed by atoms with E-state index in [-0.39, 0.29) is 11.3 Å². The normalized spacial score (nSPS) is 17.9. The lowest BCUT2D eigenvalue weighted by atomic mass is 9.72. The highest BCUT2D eigenvalue weighted by Gasteiger charge is 2.35. The van der Waals surface area contributed by atoms with Gasteiger partial charge < -0.3 is 10.2 Å². The summed E-state index contributed by atoms with van der Waals surface area (Å²) in [5.74, 6) is 5.02. The van der Waals surface area contributed by atoms with E-state index in [0.29, 0.717) is 6.54 Å². The molecule has 1 aliphatic heterocycles. The number of rotatable bonds is 3. The Kier molecular flexibility index (Phi) is 4.81. The van der Waals surface area contributed by atoms with Crippen molar-refractivity contribution in [2.75, 3.05) is 26.7 Å². The first kappa shape index (κ1) is 14.6. The minimum absolute atomic E-state index is 0.0405. The highest BCUT2D eigenvalue weighted by Crippen LogP contribution is 2.34. The summed E-state index contributed by atoms with van der Waals surface area (Å²) < 4.78 is 0. The molecule has 20 heavy (non-hydrogen) atoms. The SMILES string of the molecule is CC#CC(=O)NCC1(c2ccccc2)CCN(C)CC1. The van der Waals surface area contributed by atoms with Crippen LogP contribution in [-0.2, 0) is 10.2 Å². The molecule has 1 aliphatic rings. The molecular weight excluding hydrogens is 248 g/mol. The second-order valence-corrected chi connectivity index (χ2v) is 5.51. The predicted molar refractivity (Wildman–Crippen MR) is 81.3 cm³/mol. The zero-order chi connectivity index (χ0) is 14.4. The van der Waals surface area contributed by atoms with E-state index in [4.69, 9.17) is 0 Å². The largest absolute Gasteiger partial charge is 0.344 e. The monoisotopic (exact) mass is 270 g/mol. The molecule has 0 aliphatic carbocycles. The Bertz CT molecular complexity index is 505. The Labute approximate surface area is 121 Å². The van der Waals surface area contributed by atoms with Crippen LogP contribution >= 0.6 is 0 Å². The van der Waals surface area contributed by atoms with E-state index in [0.717, 1.165) is 25.9 Å². The Balaban J connectivity index is 2.16. The number of amides is 1. The van der Waals surface area contributed by atoms with Gasteiger partial charge in [0.2, 0.25) is 0 Å². The van der Waals surface area contributed by atoms with E-state index in [2.05, 4.69) is 53.4 Å². The molecule has 1 aromatic carbocycles. The molecule has 106 valence electrons. The van der Waals surface area contributed by atoms with Crippen molar-refractivity contribution in [1.82, 2.24) is 10.2 Å². The molecule has 0 aromatic heterocycles. The van der Waals surface area contributed by atoms with Gasteiger partial charge in [0.25, 0.3) is 5.91 Å². The molecule has 0 atom stereocenters. The average molecular weight is 270 g/mol. The lowest BCUT2D eigenvalue weighted by Gasteiger charge is -2.41. The number of nitrogens with one attached hydrogen (secondary N) is 1. The van der Waals surface area contributed by atoms with Gasteiger partial charge in [0.15, 0.2) is 0 Å². The summed E-state index contributed by atoms with van der Waals surface area (Å²) in [7, 11) is 2.15. The molecule has 0 saturated carbocycles. The second kappa shape index (κ2) is 6.58. The highest BCUT2D eigenvalue weighted by atomic mass is 16.1. The van der Waals surface area contributed by atoms with E-state index < -0.39 is 0 Å². The van der Waals surface area contributed by atoms with Gasteiger partial charge in [-0.05, 0) is 51.4 Å². The number of carbonyl (C=O) groups is 1. The smallest absolute Gasteiger partial charge is 0.295 e. The van der Waals surface area contributed by atoms with Crippen molar-refractivity contribution < 1.29 is 4.79 Å². The molecule has 1 aromatic rings. The van der Waals surface area contributed by atoms with Gasteiger partial charge in [-0.25, -0.2) is 0 Å². The van der Waals surface area contributed by atoms with Gasteiger partial charge in [-0.2, -0.15) is 0 Å². The zero-order valence-corrected chi connectivity index (χ0v) is 12.3. The number of likely N-dealkylation sites (tertiary alicyclic amines) is 1. The Morgan fingerprint density at radius 2 is 1.95 bits per heavy atom. The van der Waals surface area contributed by atoms with Gasteiger partial charge in [-0.3, -0.25) is 4.79 Å². The topological polar surface area (TPSA) is 32.3 Å². The van der Waals surface area contributed by atoms with Crippen molar-refractivity contribution in [2.24, 2.45) is 0 Å². The van der Waals surface area contributed by atoms with Crippen molar-refractivity contribution in [3.63, 3.8) is 0 Å². The molecule has 3 heteroatoms. The van der Waals surface area contributed by atoms with Crippen LogP contribution in [0.2, 0.25) is 0 Å². The molecule has 1 saturated heterocycles. The van der Waals surface area contributed by atoms with Crippen LogP contribution < -0.4 is 5.32 Å². The van der Waals surface area contributed by atoms with Crippen molar-refractivity contribution in [1.29, 1.82) is 0 Å². The van der Waals surface area contributed by atoms with Gasteiger partial charge in [0, 0.05) is 12.0 Å². The van der Waals surface area contributed by atoms with E-state index in [1.165, 1.54) is 5.56 Å². The average Bonchev–Trinajstić information content (AvgIpc) is 2.48. The van der Waals surface area contributed by atoms with Crippen LogP contribution in [0.1, 0.15) is 25.3 Å². The molecule has 3 nitrogen and oxygen atoms in total. The molecule has 0 bridgehead atoms. The third kappa shape index (κ3) is 3.40. The first-order valence-electron chi connectivity index (χ1n) is 7.11. The number of hydrogen-bond acceptors (Lipinski definition) is 2. The summed E-state index contributed by atoms with van der Waals surface area (Å²) in [5, 5.41) is 2.98. The molecule has 0 unspecified atom stereocenters.